The van der Waals surface area contributed by atoms with E-state index in [2.05, 4.69) is 19.5 Å². The third-order valence-electron chi connectivity index (χ3n) is 3.56. The fourth-order valence-electron chi connectivity index (χ4n) is 2.43. The zero-order valence-corrected chi connectivity index (χ0v) is 11.8. The maximum atomic E-state index is 12.4. The molecule has 2 aromatic rings. The highest BCUT2D eigenvalue weighted by atomic mass is 19.4. The second-order valence-electron chi connectivity index (χ2n) is 5.10. The molecule has 3 rings (SSSR count). The second kappa shape index (κ2) is 5.96. The van der Waals surface area contributed by atoms with Gasteiger partial charge in [0.05, 0.1) is 6.54 Å². The lowest BCUT2D eigenvalue weighted by Crippen LogP contribution is -2.46. The van der Waals surface area contributed by atoms with E-state index in [1.54, 1.807) is 0 Å². The van der Waals surface area contributed by atoms with Crippen LogP contribution < -0.4 is 4.90 Å². The molecule has 22 heavy (non-hydrogen) atoms. The molecule has 0 amide bonds. The molecular formula is C14H15F3N4O. The minimum absolute atomic E-state index is 0.000450. The van der Waals surface area contributed by atoms with E-state index in [9.17, 15) is 13.2 Å². The van der Waals surface area contributed by atoms with Gasteiger partial charge >= 0.3 is 12.1 Å². The zero-order chi connectivity index (χ0) is 15.6. The van der Waals surface area contributed by atoms with Crippen molar-refractivity contribution in [3.05, 3.63) is 42.1 Å². The van der Waals surface area contributed by atoms with Gasteiger partial charge in [-0.15, -0.1) is 10.2 Å². The molecule has 5 nitrogen and oxygen atoms in total. The van der Waals surface area contributed by atoms with E-state index < -0.39 is 12.1 Å². The van der Waals surface area contributed by atoms with E-state index in [1.807, 2.05) is 35.2 Å². The van der Waals surface area contributed by atoms with E-state index in [4.69, 9.17) is 0 Å². The van der Waals surface area contributed by atoms with Crippen molar-refractivity contribution in [2.45, 2.75) is 12.7 Å². The summed E-state index contributed by atoms with van der Waals surface area (Å²) in [6.45, 7) is 3.33. The first-order valence-corrected chi connectivity index (χ1v) is 6.94. The summed E-state index contributed by atoms with van der Waals surface area (Å²) in [5.41, 5.74) is 1.15. The predicted molar refractivity (Wildman–Crippen MR) is 73.2 cm³/mol. The summed E-state index contributed by atoms with van der Waals surface area (Å²) in [4.78, 5) is 4.25. The van der Waals surface area contributed by atoms with Gasteiger partial charge in [-0.3, -0.25) is 4.90 Å². The van der Waals surface area contributed by atoms with Crippen molar-refractivity contribution in [2.75, 3.05) is 31.1 Å². The quantitative estimate of drug-likeness (QED) is 0.871. The molecule has 1 aliphatic heterocycles. The van der Waals surface area contributed by atoms with Crippen LogP contribution in [-0.4, -0.2) is 41.3 Å². The van der Waals surface area contributed by atoms with Crippen LogP contribution in [0.2, 0.25) is 0 Å². The summed E-state index contributed by atoms with van der Waals surface area (Å²) in [6.07, 6.45) is -4.59. The van der Waals surface area contributed by atoms with Gasteiger partial charge in [-0.25, -0.2) is 0 Å². The number of aromatic nitrogens is 2. The first-order valence-electron chi connectivity index (χ1n) is 6.94. The average molecular weight is 312 g/mol. The highest BCUT2D eigenvalue weighted by Crippen LogP contribution is 2.28. The normalized spacial score (nSPS) is 17.0. The van der Waals surface area contributed by atoms with Crippen molar-refractivity contribution in [2.24, 2.45) is 0 Å². The Morgan fingerprint density at radius 1 is 1.00 bits per heavy atom. The Morgan fingerprint density at radius 2 is 1.68 bits per heavy atom. The largest absolute Gasteiger partial charge is 0.470 e. The smallest absolute Gasteiger partial charge is 0.416 e. The van der Waals surface area contributed by atoms with Gasteiger partial charge in [0, 0.05) is 31.9 Å². The molecule has 1 fully saturated rings. The van der Waals surface area contributed by atoms with Crippen LogP contribution in [0.4, 0.5) is 18.9 Å². The number of piperazine rings is 1. The molecule has 1 aromatic heterocycles. The first kappa shape index (κ1) is 14.8. The number of benzene rings is 1. The molecule has 118 valence electrons. The summed E-state index contributed by atoms with van der Waals surface area (Å²) in [5.74, 6) is -1.29. The standard InChI is InChI=1S/C14H15F3N4O/c15-14(16,17)13-19-18-12(22-13)10-20-6-8-21(9-7-20)11-4-2-1-3-5-11/h1-5H,6-10H2. The van der Waals surface area contributed by atoms with Gasteiger partial charge in [-0.1, -0.05) is 18.2 Å². The summed E-state index contributed by atoms with van der Waals surface area (Å²) < 4.78 is 41.9. The topological polar surface area (TPSA) is 45.4 Å². The monoisotopic (exact) mass is 312 g/mol. The molecule has 1 aliphatic rings. The van der Waals surface area contributed by atoms with Crippen molar-refractivity contribution in [3.8, 4) is 0 Å². The number of nitrogens with zero attached hydrogens (tertiary/aromatic N) is 4. The molecule has 0 radical (unpaired) electrons. The van der Waals surface area contributed by atoms with Crippen LogP contribution in [-0.2, 0) is 12.7 Å². The molecule has 0 bridgehead atoms. The van der Waals surface area contributed by atoms with Crippen LogP contribution in [0.1, 0.15) is 11.8 Å². The lowest BCUT2D eigenvalue weighted by molar-refractivity contribution is -0.157. The van der Waals surface area contributed by atoms with Gasteiger partial charge in [-0.2, -0.15) is 13.2 Å². The van der Waals surface area contributed by atoms with Crippen LogP contribution in [0.15, 0.2) is 34.7 Å². The number of para-hydroxylation sites is 1. The summed E-state index contributed by atoms with van der Waals surface area (Å²) in [7, 11) is 0. The van der Waals surface area contributed by atoms with Crippen LogP contribution in [0.5, 0.6) is 0 Å². The maximum Gasteiger partial charge on any atom is 0.470 e. The Hall–Kier alpha value is -2.09. The highest BCUT2D eigenvalue weighted by molar-refractivity contribution is 5.46. The Kier molecular flexibility index (Phi) is 4.02. The van der Waals surface area contributed by atoms with Gasteiger partial charge in [0.2, 0.25) is 5.89 Å². The van der Waals surface area contributed by atoms with Crippen molar-refractivity contribution in [1.82, 2.24) is 15.1 Å². The number of anilines is 1. The highest BCUT2D eigenvalue weighted by Gasteiger charge is 2.38. The van der Waals surface area contributed by atoms with E-state index in [-0.39, 0.29) is 12.4 Å². The molecule has 0 saturated carbocycles. The minimum Gasteiger partial charge on any atom is -0.416 e. The fraction of sp³-hybridized carbons (Fsp3) is 0.429. The molecular weight excluding hydrogens is 297 g/mol. The first-order chi connectivity index (χ1) is 10.5. The minimum atomic E-state index is -4.59. The van der Waals surface area contributed by atoms with Crippen molar-refractivity contribution in [1.29, 1.82) is 0 Å². The molecule has 1 aromatic carbocycles. The lowest BCUT2D eigenvalue weighted by atomic mass is 10.2. The van der Waals surface area contributed by atoms with Crippen molar-refractivity contribution in [3.63, 3.8) is 0 Å². The summed E-state index contributed by atoms with van der Waals surface area (Å²) in [6, 6.07) is 10.0. The molecule has 0 aliphatic carbocycles. The molecule has 0 N–H and O–H groups in total. The van der Waals surface area contributed by atoms with Crippen LogP contribution in [0.3, 0.4) is 0 Å². The number of hydrogen-bond acceptors (Lipinski definition) is 5. The maximum absolute atomic E-state index is 12.4. The Balaban J connectivity index is 1.55. The zero-order valence-electron chi connectivity index (χ0n) is 11.8. The molecule has 0 spiro atoms. The van der Waals surface area contributed by atoms with Gasteiger partial charge in [-0.05, 0) is 12.1 Å². The van der Waals surface area contributed by atoms with Crippen molar-refractivity contribution < 1.29 is 17.6 Å². The Bertz CT molecular complexity index is 606. The van der Waals surface area contributed by atoms with Gasteiger partial charge < -0.3 is 9.32 Å². The summed E-state index contributed by atoms with van der Waals surface area (Å²) in [5, 5.41) is 6.50. The van der Waals surface area contributed by atoms with E-state index in [1.165, 1.54) is 0 Å². The predicted octanol–water partition coefficient (Wildman–Crippen LogP) is 2.41. The third kappa shape index (κ3) is 3.38. The SMILES string of the molecule is FC(F)(F)c1nnc(CN2CCN(c3ccccc3)CC2)o1. The Labute approximate surface area is 125 Å². The van der Waals surface area contributed by atoms with Gasteiger partial charge in [0.1, 0.15) is 0 Å². The molecule has 2 heterocycles. The molecule has 8 heteroatoms. The number of hydrogen-bond donors (Lipinski definition) is 0. The Morgan fingerprint density at radius 3 is 2.27 bits per heavy atom. The van der Waals surface area contributed by atoms with E-state index in [0.29, 0.717) is 0 Å². The van der Waals surface area contributed by atoms with Gasteiger partial charge in [0.25, 0.3) is 0 Å². The molecule has 0 atom stereocenters. The molecule has 0 unspecified atom stereocenters. The van der Waals surface area contributed by atoms with E-state index >= 15 is 0 Å². The van der Waals surface area contributed by atoms with Crippen molar-refractivity contribution >= 4 is 5.69 Å². The summed E-state index contributed by atoms with van der Waals surface area (Å²) >= 11 is 0. The van der Waals surface area contributed by atoms with E-state index in [0.717, 1.165) is 31.9 Å². The van der Waals surface area contributed by atoms with Crippen LogP contribution >= 0.6 is 0 Å². The third-order valence-corrected chi connectivity index (χ3v) is 3.56. The van der Waals surface area contributed by atoms with Crippen LogP contribution in [0, 0.1) is 0 Å². The van der Waals surface area contributed by atoms with Gasteiger partial charge in [0.15, 0.2) is 0 Å². The van der Waals surface area contributed by atoms with Crippen LogP contribution in [0.25, 0.3) is 0 Å². The number of rotatable bonds is 3. The second-order valence-corrected chi connectivity index (χ2v) is 5.10. The molecule has 1 saturated heterocycles. The number of halogens is 3. The fourth-order valence-corrected chi connectivity index (χ4v) is 2.43. The number of alkyl halides is 3. The lowest BCUT2D eigenvalue weighted by Gasteiger charge is -2.35. The average Bonchev–Trinajstić information content (AvgIpc) is 2.98.